The molecule has 1 aromatic heterocycles. The van der Waals surface area contributed by atoms with E-state index in [0.717, 1.165) is 63.9 Å². The normalized spacial score (nSPS) is 27.8. The van der Waals surface area contributed by atoms with E-state index >= 15 is 0 Å². The van der Waals surface area contributed by atoms with E-state index in [2.05, 4.69) is 20.2 Å². The summed E-state index contributed by atoms with van der Waals surface area (Å²) in [5, 5.41) is 3.48. The average Bonchev–Trinajstić information content (AvgIpc) is 3.23. The van der Waals surface area contributed by atoms with E-state index in [4.69, 9.17) is 0 Å². The van der Waals surface area contributed by atoms with Gasteiger partial charge >= 0.3 is 0 Å². The van der Waals surface area contributed by atoms with E-state index in [9.17, 15) is 4.79 Å². The minimum atomic E-state index is 0.0702. The lowest BCUT2D eigenvalue weighted by molar-refractivity contribution is 0.0752. The second-order valence-electron chi connectivity index (χ2n) is 6.98. The minimum Gasteiger partial charge on any atom is -0.341 e. The number of hydrogen-bond donors (Lipinski definition) is 1. The van der Waals surface area contributed by atoms with Crippen LogP contribution in [0.3, 0.4) is 0 Å². The first-order chi connectivity index (χ1) is 11.3. The molecule has 3 saturated heterocycles. The number of carbonyl (C=O) groups excluding carboxylic acids is 1. The van der Waals surface area contributed by atoms with Gasteiger partial charge in [-0.2, -0.15) is 0 Å². The molecular weight excluding hydrogens is 290 g/mol. The number of nitrogens with zero attached hydrogens (tertiary/aromatic N) is 4. The van der Waals surface area contributed by atoms with Gasteiger partial charge in [0.05, 0.1) is 0 Å². The van der Waals surface area contributed by atoms with Gasteiger partial charge < -0.3 is 15.1 Å². The predicted molar refractivity (Wildman–Crippen MR) is 88.5 cm³/mol. The van der Waals surface area contributed by atoms with Crippen molar-refractivity contribution in [1.82, 2.24) is 20.2 Å². The third-order valence-corrected chi connectivity index (χ3v) is 5.56. The average molecular weight is 315 g/mol. The van der Waals surface area contributed by atoms with Crippen molar-refractivity contribution in [3.05, 3.63) is 18.0 Å². The maximum absolute atomic E-state index is 12.8. The van der Waals surface area contributed by atoms with Gasteiger partial charge in [0.25, 0.3) is 5.91 Å². The molecule has 0 spiro atoms. The summed E-state index contributed by atoms with van der Waals surface area (Å²) in [7, 11) is 0. The number of rotatable bonds is 2. The first-order valence-corrected chi connectivity index (χ1v) is 8.89. The van der Waals surface area contributed by atoms with Crippen LogP contribution in [-0.2, 0) is 0 Å². The molecule has 23 heavy (non-hydrogen) atoms. The van der Waals surface area contributed by atoms with Crippen LogP contribution in [0.1, 0.15) is 36.2 Å². The molecule has 1 aromatic rings. The Hall–Kier alpha value is -1.69. The molecule has 4 heterocycles. The smallest absolute Gasteiger partial charge is 0.272 e. The van der Waals surface area contributed by atoms with E-state index in [1.807, 2.05) is 4.90 Å². The van der Waals surface area contributed by atoms with Gasteiger partial charge in [0.2, 0.25) is 5.95 Å². The van der Waals surface area contributed by atoms with Crippen molar-refractivity contribution in [3.8, 4) is 0 Å². The number of aromatic nitrogens is 2. The molecule has 6 nitrogen and oxygen atoms in total. The highest BCUT2D eigenvalue weighted by molar-refractivity contribution is 5.92. The second-order valence-corrected chi connectivity index (χ2v) is 6.98. The number of hydrogen-bond acceptors (Lipinski definition) is 5. The van der Waals surface area contributed by atoms with Gasteiger partial charge in [-0.1, -0.05) is 0 Å². The molecule has 0 aliphatic carbocycles. The molecule has 3 aliphatic rings. The zero-order chi connectivity index (χ0) is 15.6. The van der Waals surface area contributed by atoms with Crippen LogP contribution < -0.4 is 10.2 Å². The van der Waals surface area contributed by atoms with Crippen LogP contribution in [0, 0.1) is 11.8 Å². The van der Waals surface area contributed by atoms with Crippen molar-refractivity contribution in [2.75, 3.05) is 44.2 Å². The zero-order valence-corrected chi connectivity index (χ0v) is 13.6. The lowest BCUT2D eigenvalue weighted by Crippen LogP contribution is -2.33. The van der Waals surface area contributed by atoms with Crippen LogP contribution in [-0.4, -0.2) is 60.0 Å². The van der Waals surface area contributed by atoms with Crippen molar-refractivity contribution in [2.24, 2.45) is 11.8 Å². The Morgan fingerprint density at radius 1 is 1.09 bits per heavy atom. The Balaban J connectivity index is 1.47. The maximum atomic E-state index is 12.8. The topological polar surface area (TPSA) is 61.4 Å². The van der Waals surface area contributed by atoms with Crippen molar-refractivity contribution < 1.29 is 4.79 Å². The Kier molecular flexibility index (Phi) is 4.16. The molecule has 0 bridgehead atoms. The fourth-order valence-corrected chi connectivity index (χ4v) is 4.12. The van der Waals surface area contributed by atoms with Crippen LogP contribution in [0.25, 0.3) is 0 Å². The molecule has 1 N–H and O–H groups in total. The summed E-state index contributed by atoms with van der Waals surface area (Å²) in [6.45, 7) is 5.92. The van der Waals surface area contributed by atoms with Crippen molar-refractivity contribution in [2.45, 2.75) is 25.7 Å². The Morgan fingerprint density at radius 3 is 2.48 bits per heavy atom. The van der Waals surface area contributed by atoms with E-state index < -0.39 is 0 Å². The predicted octanol–water partition coefficient (Wildman–Crippen LogP) is 1.15. The Morgan fingerprint density at radius 2 is 1.78 bits per heavy atom. The van der Waals surface area contributed by atoms with Crippen molar-refractivity contribution in [1.29, 1.82) is 0 Å². The van der Waals surface area contributed by atoms with E-state index in [1.54, 1.807) is 12.3 Å². The number of fused-ring (bicyclic) bond motifs is 1. The summed E-state index contributed by atoms with van der Waals surface area (Å²) in [5.41, 5.74) is 0.548. The van der Waals surface area contributed by atoms with Gasteiger partial charge in [0.15, 0.2) is 0 Å². The summed E-state index contributed by atoms with van der Waals surface area (Å²) >= 11 is 0. The minimum absolute atomic E-state index is 0.0702. The molecule has 0 radical (unpaired) electrons. The van der Waals surface area contributed by atoms with Gasteiger partial charge in [-0.25, -0.2) is 9.97 Å². The largest absolute Gasteiger partial charge is 0.341 e. The van der Waals surface area contributed by atoms with Crippen LogP contribution in [0.2, 0.25) is 0 Å². The fraction of sp³-hybridized carbons (Fsp3) is 0.706. The standard InChI is InChI=1S/C17H25N5O/c23-16(21-9-4-13-11-18-12-14(13)5-10-21)15-3-6-19-17(20-15)22-7-1-2-8-22/h3,6,13-14,18H,1-2,4-5,7-12H2/t13-,14+. The van der Waals surface area contributed by atoms with Gasteiger partial charge in [-0.05, 0) is 56.7 Å². The summed E-state index contributed by atoms with van der Waals surface area (Å²) in [6.07, 6.45) is 6.31. The monoisotopic (exact) mass is 315 g/mol. The van der Waals surface area contributed by atoms with Gasteiger partial charge in [-0.3, -0.25) is 4.79 Å². The lowest BCUT2D eigenvalue weighted by Gasteiger charge is -2.21. The SMILES string of the molecule is O=C(c1ccnc(N2CCCC2)n1)N1CC[C@@H]2CNC[C@@H]2CC1. The lowest BCUT2D eigenvalue weighted by atomic mass is 9.92. The first-order valence-electron chi connectivity index (χ1n) is 8.89. The summed E-state index contributed by atoms with van der Waals surface area (Å²) in [4.78, 5) is 25.9. The highest BCUT2D eigenvalue weighted by atomic mass is 16.2. The zero-order valence-electron chi connectivity index (χ0n) is 13.6. The second kappa shape index (κ2) is 6.43. The van der Waals surface area contributed by atoms with Crippen LogP contribution in [0.4, 0.5) is 5.95 Å². The third-order valence-electron chi connectivity index (χ3n) is 5.56. The molecule has 0 unspecified atom stereocenters. The number of anilines is 1. The molecule has 124 valence electrons. The highest BCUT2D eigenvalue weighted by Gasteiger charge is 2.32. The Bertz CT molecular complexity index is 558. The molecule has 1 amide bonds. The number of amides is 1. The summed E-state index contributed by atoms with van der Waals surface area (Å²) in [6, 6.07) is 1.76. The van der Waals surface area contributed by atoms with E-state index in [-0.39, 0.29) is 5.91 Å². The summed E-state index contributed by atoms with van der Waals surface area (Å²) in [5.74, 6) is 2.25. The highest BCUT2D eigenvalue weighted by Crippen LogP contribution is 2.27. The van der Waals surface area contributed by atoms with Gasteiger partial charge in [0, 0.05) is 32.4 Å². The maximum Gasteiger partial charge on any atom is 0.272 e. The van der Waals surface area contributed by atoms with Crippen LogP contribution >= 0.6 is 0 Å². The van der Waals surface area contributed by atoms with E-state index in [1.165, 1.54) is 12.8 Å². The molecule has 0 saturated carbocycles. The van der Waals surface area contributed by atoms with Crippen LogP contribution in [0.5, 0.6) is 0 Å². The molecule has 6 heteroatoms. The van der Waals surface area contributed by atoms with Crippen molar-refractivity contribution in [3.63, 3.8) is 0 Å². The van der Waals surface area contributed by atoms with Crippen molar-refractivity contribution >= 4 is 11.9 Å². The number of likely N-dealkylation sites (tertiary alicyclic amines) is 1. The summed E-state index contributed by atoms with van der Waals surface area (Å²) < 4.78 is 0. The molecule has 3 fully saturated rings. The molecular formula is C17H25N5O. The quantitative estimate of drug-likeness (QED) is 0.887. The third kappa shape index (κ3) is 3.04. The number of nitrogens with one attached hydrogen (secondary N) is 1. The van der Waals surface area contributed by atoms with E-state index in [0.29, 0.717) is 11.6 Å². The number of carbonyl (C=O) groups is 1. The van der Waals surface area contributed by atoms with Crippen LogP contribution in [0.15, 0.2) is 12.3 Å². The fourth-order valence-electron chi connectivity index (χ4n) is 4.12. The first kappa shape index (κ1) is 14.9. The van der Waals surface area contributed by atoms with Gasteiger partial charge in [0.1, 0.15) is 5.69 Å². The molecule has 2 atom stereocenters. The molecule has 0 aromatic carbocycles. The Labute approximate surface area is 137 Å². The van der Waals surface area contributed by atoms with Gasteiger partial charge in [-0.15, -0.1) is 0 Å². The molecule has 3 aliphatic heterocycles. The molecule has 4 rings (SSSR count).